The van der Waals surface area contributed by atoms with Crippen molar-refractivity contribution in [2.24, 2.45) is 14.1 Å². The zero-order valence-electron chi connectivity index (χ0n) is 12.8. The molecule has 116 valence electrons. The summed E-state index contributed by atoms with van der Waals surface area (Å²) in [5, 5.41) is 16.7. The van der Waals surface area contributed by atoms with Crippen LogP contribution in [0, 0.1) is 0 Å². The van der Waals surface area contributed by atoms with Gasteiger partial charge in [-0.25, -0.2) is 9.13 Å². The minimum atomic E-state index is -2.33. The molecule has 0 saturated carbocycles. The summed E-state index contributed by atoms with van der Waals surface area (Å²) in [4.78, 5) is 8.33. The molecule has 0 aliphatic rings. The SMILES string of the molecule is C=Cc1cccc[n+]1C.C=Cc1cccc[n+]1C.O=C([O-])[O-]. The molecule has 0 bridgehead atoms. The maximum Gasteiger partial charge on any atom is 0.204 e. The Morgan fingerprint density at radius 1 is 0.909 bits per heavy atom. The molecule has 0 spiro atoms. The lowest BCUT2D eigenvalue weighted by Crippen LogP contribution is -2.37. The number of carboxylic acid groups (broad SMARTS) is 2. The standard InChI is InChI=1S/2C8H10N.CH2O3/c2*1-3-8-6-4-5-7-9(8)2;2-1(3)4/h2*3-7H,1H2,2H3;(H2,2,3,4)/q2*+1;/p-2. The van der Waals surface area contributed by atoms with E-state index < -0.39 is 6.16 Å². The van der Waals surface area contributed by atoms with Crippen LogP contribution in [0.5, 0.6) is 0 Å². The molecular formula is C17H20N2O3. The fourth-order valence-corrected chi connectivity index (χ4v) is 1.50. The second-order valence-corrected chi connectivity index (χ2v) is 4.13. The third kappa shape index (κ3) is 8.27. The van der Waals surface area contributed by atoms with E-state index >= 15 is 0 Å². The molecule has 0 saturated heterocycles. The van der Waals surface area contributed by atoms with E-state index in [9.17, 15) is 0 Å². The summed E-state index contributed by atoms with van der Waals surface area (Å²) < 4.78 is 4.04. The summed E-state index contributed by atoms with van der Waals surface area (Å²) in [5.41, 5.74) is 2.27. The minimum Gasteiger partial charge on any atom is -0.652 e. The lowest BCUT2D eigenvalue weighted by atomic mass is 10.3. The molecule has 0 fully saturated rings. The first-order valence-electron chi connectivity index (χ1n) is 6.44. The fourth-order valence-electron chi connectivity index (χ4n) is 1.50. The van der Waals surface area contributed by atoms with Crippen LogP contribution in [0.4, 0.5) is 4.79 Å². The third-order valence-corrected chi connectivity index (χ3v) is 2.61. The minimum absolute atomic E-state index is 1.14. The Balaban J connectivity index is 0.000000326. The predicted molar refractivity (Wildman–Crippen MR) is 80.8 cm³/mol. The molecule has 2 aromatic heterocycles. The molecule has 0 aliphatic heterocycles. The highest BCUT2D eigenvalue weighted by atomic mass is 16.6. The molecule has 2 heterocycles. The summed E-state index contributed by atoms with van der Waals surface area (Å²) >= 11 is 0. The zero-order valence-corrected chi connectivity index (χ0v) is 12.8. The van der Waals surface area contributed by atoms with Crippen LogP contribution < -0.4 is 19.3 Å². The van der Waals surface area contributed by atoms with Gasteiger partial charge in [0.2, 0.25) is 11.4 Å². The van der Waals surface area contributed by atoms with Crippen molar-refractivity contribution in [3.05, 3.63) is 73.3 Å². The second-order valence-electron chi connectivity index (χ2n) is 4.13. The average Bonchev–Trinajstić information content (AvgIpc) is 2.48. The van der Waals surface area contributed by atoms with Crippen molar-refractivity contribution < 1.29 is 24.1 Å². The highest BCUT2D eigenvalue weighted by Gasteiger charge is 1.95. The van der Waals surface area contributed by atoms with E-state index in [4.69, 9.17) is 15.0 Å². The molecule has 0 atom stereocenters. The molecule has 0 N–H and O–H groups in total. The third-order valence-electron chi connectivity index (χ3n) is 2.61. The molecule has 0 aromatic carbocycles. The Bertz CT molecular complexity index is 571. The predicted octanol–water partition coefficient (Wildman–Crippen LogP) is -0.139. The largest absolute Gasteiger partial charge is 0.652 e. The molecule has 0 aliphatic carbocycles. The van der Waals surface area contributed by atoms with E-state index in [0.717, 1.165) is 11.4 Å². The molecular weight excluding hydrogens is 280 g/mol. The molecule has 5 heteroatoms. The van der Waals surface area contributed by atoms with Gasteiger partial charge in [-0.1, -0.05) is 13.2 Å². The number of carbonyl (C=O) groups is 1. The number of aryl methyl sites for hydroxylation is 2. The van der Waals surface area contributed by atoms with Crippen LogP contribution in [0.2, 0.25) is 0 Å². The van der Waals surface area contributed by atoms with Crippen molar-refractivity contribution in [3.8, 4) is 0 Å². The van der Waals surface area contributed by atoms with Crippen molar-refractivity contribution in [2.45, 2.75) is 0 Å². The van der Waals surface area contributed by atoms with E-state index in [1.165, 1.54) is 0 Å². The van der Waals surface area contributed by atoms with Crippen LogP contribution in [-0.2, 0) is 14.1 Å². The van der Waals surface area contributed by atoms with Crippen LogP contribution in [-0.4, -0.2) is 6.16 Å². The Hall–Kier alpha value is -2.95. The molecule has 0 radical (unpaired) electrons. The first-order chi connectivity index (χ1) is 10.4. The van der Waals surface area contributed by atoms with Gasteiger partial charge in [-0.15, -0.1) is 0 Å². The van der Waals surface area contributed by atoms with Crippen LogP contribution >= 0.6 is 0 Å². The molecule has 0 unspecified atom stereocenters. The Morgan fingerprint density at radius 3 is 1.41 bits per heavy atom. The molecule has 2 aromatic rings. The lowest BCUT2D eigenvalue weighted by molar-refractivity contribution is -0.673. The van der Waals surface area contributed by atoms with Gasteiger partial charge in [-0.3, -0.25) is 0 Å². The number of aromatic nitrogens is 2. The first kappa shape index (κ1) is 19.1. The maximum atomic E-state index is 8.33. The number of pyridine rings is 2. The van der Waals surface area contributed by atoms with Gasteiger partial charge >= 0.3 is 0 Å². The topological polar surface area (TPSA) is 71.0 Å². The molecule has 0 amide bonds. The summed E-state index contributed by atoms with van der Waals surface area (Å²) in [5.74, 6) is 0. The zero-order chi connectivity index (χ0) is 17.0. The van der Waals surface area contributed by atoms with Gasteiger partial charge in [0.25, 0.3) is 0 Å². The van der Waals surface area contributed by atoms with E-state index in [2.05, 4.69) is 13.2 Å². The van der Waals surface area contributed by atoms with Crippen molar-refractivity contribution in [3.63, 3.8) is 0 Å². The molecule has 22 heavy (non-hydrogen) atoms. The van der Waals surface area contributed by atoms with Crippen molar-refractivity contribution in [1.29, 1.82) is 0 Å². The van der Waals surface area contributed by atoms with E-state index in [-0.39, 0.29) is 0 Å². The van der Waals surface area contributed by atoms with Crippen LogP contribution in [0.25, 0.3) is 12.2 Å². The number of rotatable bonds is 2. The van der Waals surface area contributed by atoms with Crippen molar-refractivity contribution in [1.82, 2.24) is 0 Å². The summed E-state index contributed by atoms with van der Waals surface area (Å²) in [6.07, 6.45) is 5.33. The number of hydrogen-bond donors (Lipinski definition) is 0. The van der Waals surface area contributed by atoms with E-state index in [1.807, 2.05) is 84.2 Å². The molecule has 5 nitrogen and oxygen atoms in total. The smallest absolute Gasteiger partial charge is 0.204 e. The second kappa shape index (κ2) is 10.8. The van der Waals surface area contributed by atoms with Crippen molar-refractivity contribution >= 4 is 18.3 Å². The highest BCUT2D eigenvalue weighted by Crippen LogP contribution is 1.90. The van der Waals surface area contributed by atoms with E-state index in [1.54, 1.807) is 0 Å². The highest BCUT2D eigenvalue weighted by molar-refractivity contribution is 5.47. The molecule has 2 rings (SSSR count). The van der Waals surface area contributed by atoms with Crippen LogP contribution in [0.15, 0.2) is 61.9 Å². The normalized spacial score (nSPS) is 8.45. The van der Waals surface area contributed by atoms with Gasteiger partial charge in [0.1, 0.15) is 14.1 Å². The Morgan fingerprint density at radius 2 is 1.23 bits per heavy atom. The summed E-state index contributed by atoms with van der Waals surface area (Å²) in [6.45, 7) is 7.34. The summed E-state index contributed by atoms with van der Waals surface area (Å²) in [7, 11) is 3.99. The average molecular weight is 300 g/mol. The summed E-state index contributed by atoms with van der Waals surface area (Å²) in [6, 6.07) is 12.0. The van der Waals surface area contributed by atoms with Gasteiger partial charge in [-0.2, -0.15) is 0 Å². The number of nitrogens with zero attached hydrogens (tertiary/aromatic N) is 2. The monoisotopic (exact) mass is 300 g/mol. The van der Waals surface area contributed by atoms with Gasteiger partial charge in [0, 0.05) is 36.4 Å². The van der Waals surface area contributed by atoms with Crippen LogP contribution in [0.1, 0.15) is 11.4 Å². The van der Waals surface area contributed by atoms with Gasteiger partial charge < -0.3 is 15.0 Å². The van der Waals surface area contributed by atoms with Gasteiger partial charge in [0.15, 0.2) is 12.4 Å². The number of hydrogen-bond acceptors (Lipinski definition) is 3. The fraction of sp³-hybridized carbons (Fsp3) is 0.118. The van der Waals surface area contributed by atoms with Gasteiger partial charge in [0.05, 0.1) is 0 Å². The number of carbonyl (C=O) groups excluding carboxylic acids is 1. The first-order valence-corrected chi connectivity index (χ1v) is 6.44. The Labute approximate surface area is 130 Å². The van der Waals surface area contributed by atoms with E-state index in [0.29, 0.717) is 0 Å². The van der Waals surface area contributed by atoms with Crippen molar-refractivity contribution in [2.75, 3.05) is 0 Å². The van der Waals surface area contributed by atoms with Crippen LogP contribution in [0.3, 0.4) is 0 Å². The van der Waals surface area contributed by atoms with Gasteiger partial charge in [-0.05, 0) is 18.3 Å². The quantitative estimate of drug-likeness (QED) is 0.725. The maximum absolute atomic E-state index is 8.33. The lowest BCUT2D eigenvalue weighted by Gasteiger charge is -1.96. The Kier molecular flexibility index (Phi) is 9.35.